The highest BCUT2D eigenvalue weighted by molar-refractivity contribution is 5.78. The third-order valence-electron chi connectivity index (χ3n) is 2.09. The first-order valence-electron chi connectivity index (χ1n) is 4.56. The van der Waals surface area contributed by atoms with Crippen LogP contribution >= 0.6 is 0 Å². The fraction of sp³-hybridized carbons (Fsp3) is 0. The summed E-state index contributed by atoms with van der Waals surface area (Å²) in [6.45, 7) is 0. The predicted molar refractivity (Wildman–Crippen MR) is 55.0 cm³/mol. The van der Waals surface area contributed by atoms with Gasteiger partial charge >= 0.3 is 0 Å². The van der Waals surface area contributed by atoms with Crippen LogP contribution in [0.25, 0.3) is 11.1 Å². The van der Waals surface area contributed by atoms with Gasteiger partial charge in [0, 0.05) is 17.3 Å². The van der Waals surface area contributed by atoms with Crippen molar-refractivity contribution in [2.45, 2.75) is 0 Å². The Morgan fingerprint density at radius 2 is 1.69 bits per heavy atom. The van der Waals surface area contributed by atoms with E-state index in [1.165, 1.54) is 24.4 Å². The predicted octanol–water partition coefficient (Wildman–Crippen LogP) is 2.84. The van der Waals surface area contributed by atoms with Gasteiger partial charge in [0.05, 0.1) is 6.20 Å². The van der Waals surface area contributed by atoms with Gasteiger partial charge < -0.3 is 0 Å². The van der Waals surface area contributed by atoms with Crippen LogP contribution in [0.3, 0.4) is 0 Å². The molecule has 1 aromatic carbocycles. The lowest BCUT2D eigenvalue weighted by Crippen LogP contribution is -1.88. The number of rotatable bonds is 2. The summed E-state index contributed by atoms with van der Waals surface area (Å²) in [6, 6.07) is 5.05. The minimum atomic E-state index is -0.538. The molecule has 16 heavy (non-hydrogen) atoms. The maximum absolute atomic E-state index is 13.1. The van der Waals surface area contributed by atoms with Crippen molar-refractivity contribution in [1.82, 2.24) is 4.98 Å². The molecule has 0 fully saturated rings. The second kappa shape index (κ2) is 4.18. The second-order valence-electron chi connectivity index (χ2n) is 3.28. The first-order chi connectivity index (χ1) is 7.69. The minimum Gasteiger partial charge on any atom is -0.298 e. The van der Waals surface area contributed by atoms with Gasteiger partial charge in [-0.2, -0.15) is 0 Å². The summed E-state index contributed by atoms with van der Waals surface area (Å²) in [5.74, 6) is -1.04. The molecule has 0 saturated carbocycles. The van der Waals surface area contributed by atoms with E-state index in [1.54, 1.807) is 0 Å². The van der Waals surface area contributed by atoms with Crippen molar-refractivity contribution < 1.29 is 13.6 Å². The van der Waals surface area contributed by atoms with Crippen LogP contribution in [-0.4, -0.2) is 11.3 Å². The van der Waals surface area contributed by atoms with Gasteiger partial charge in [0.1, 0.15) is 17.9 Å². The number of carbonyl (C=O) groups excluding carboxylic acids is 1. The first kappa shape index (κ1) is 10.4. The molecule has 0 amide bonds. The Labute approximate surface area is 90.6 Å². The number of aldehydes is 1. The highest BCUT2D eigenvalue weighted by Crippen LogP contribution is 2.21. The number of halogens is 2. The zero-order valence-corrected chi connectivity index (χ0v) is 8.15. The summed E-state index contributed by atoms with van der Waals surface area (Å²) in [5, 5.41) is 0. The van der Waals surface area contributed by atoms with E-state index < -0.39 is 11.6 Å². The molecule has 80 valence electrons. The number of benzene rings is 1. The summed E-state index contributed by atoms with van der Waals surface area (Å²) < 4.78 is 26.0. The molecule has 0 aliphatic heterocycles. The molecule has 0 N–H and O–H groups in total. The highest BCUT2D eigenvalue weighted by atomic mass is 19.1. The van der Waals surface area contributed by atoms with Crippen molar-refractivity contribution in [3.8, 4) is 11.1 Å². The monoisotopic (exact) mass is 219 g/mol. The average molecular weight is 219 g/mol. The molecule has 0 unspecified atom stereocenters. The Balaban J connectivity index is 2.55. The summed E-state index contributed by atoms with van der Waals surface area (Å²) >= 11 is 0. The van der Waals surface area contributed by atoms with Crippen LogP contribution in [0.15, 0.2) is 36.7 Å². The van der Waals surface area contributed by atoms with Crippen molar-refractivity contribution in [3.05, 3.63) is 53.9 Å². The minimum absolute atomic E-state index is 0.208. The fourth-order valence-corrected chi connectivity index (χ4v) is 1.42. The number of hydrogen-bond acceptors (Lipinski definition) is 2. The maximum Gasteiger partial charge on any atom is 0.150 e. The van der Waals surface area contributed by atoms with Gasteiger partial charge in [-0.15, -0.1) is 0 Å². The molecule has 0 spiro atoms. The number of hydrogen-bond donors (Lipinski definition) is 0. The molecular weight excluding hydrogens is 212 g/mol. The summed E-state index contributed by atoms with van der Waals surface area (Å²) in [7, 11) is 0. The fourth-order valence-electron chi connectivity index (χ4n) is 1.42. The number of pyridine rings is 1. The molecule has 2 nitrogen and oxygen atoms in total. The van der Waals surface area contributed by atoms with Crippen LogP contribution in [0.1, 0.15) is 10.4 Å². The van der Waals surface area contributed by atoms with Crippen LogP contribution in [0.2, 0.25) is 0 Å². The van der Waals surface area contributed by atoms with Crippen molar-refractivity contribution in [1.29, 1.82) is 0 Å². The highest BCUT2D eigenvalue weighted by Gasteiger charge is 2.04. The zero-order chi connectivity index (χ0) is 11.5. The van der Waals surface area contributed by atoms with E-state index in [1.807, 2.05) is 0 Å². The number of carbonyl (C=O) groups is 1. The first-order valence-corrected chi connectivity index (χ1v) is 4.56. The molecule has 1 heterocycles. The summed E-state index contributed by atoms with van der Waals surface area (Å²) in [6.07, 6.45) is 3.01. The lowest BCUT2D eigenvalue weighted by atomic mass is 10.0. The lowest BCUT2D eigenvalue weighted by molar-refractivity contribution is 0.112. The molecular formula is C12H7F2NO. The van der Waals surface area contributed by atoms with Crippen LogP contribution in [0.4, 0.5) is 8.78 Å². The Hall–Kier alpha value is -2.10. The molecule has 0 aliphatic carbocycles. The third kappa shape index (κ3) is 2.11. The molecule has 2 rings (SSSR count). The van der Waals surface area contributed by atoms with Crippen molar-refractivity contribution in [3.63, 3.8) is 0 Å². The van der Waals surface area contributed by atoms with Crippen molar-refractivity contribution >= 4 is 6.29 Å². The normalized spacial score (nSPS) is 10.1. The summed E-state index contributed by atoms with van der Waals surface area (Å²) in [4.78, 5) is 14.2. The van der Waals surface area contributed by atoms with Crippen molar-refractivity contribution in [2.75, 3.05) is 0 Å². The molecule has 0 saturated heterocycles. The van der Waals surface area contributed by atoms with E-state index in [-0.39, 0.29) is 5.56 Å². The average Bonchev–Trinajstić information content (AvgIpc) is 2.28. The summed E-state index contributed by atoms with van der Waals surface area (Å²) in [5.41, 5.74) is 1.07. The van der Waals surface area contributed by atoms with E-state index in [4.69, 9.17) is 0 Å². The molecule has 0 atom stereocenters. The Kier molecular flexibility index (Phi) is 2.72. The van der Waals surface area contributed by atoms with E-state index in [9.17, 15) is 13.6 Å². The SMILES string of the molecule is O=Cc1cc(F)cc(-c2cncc(F)c2)c1. The largest absolute Gasteiger partial charge is 0.298 e. The second-order valence-corrected chi connectivity index (χ2v) is 3.28. The number of aromatic nitrogens is 1. The van der Waals surface area contributed by atoms with Gasteiger partial charge in [0.2, 0.25) is 0 Å². The van der Waals surface area contributed by atoms with Crippen LogP contribution in [-0.2, 0) is 0 Å². The van der Waals surface area contributed by atoms with E-state index in [0.29, 0.717) is 17.4 Å². The standard InChI is InChI=1S/C12H7F2NO/c13-11-2-8(7-16)1-9(3-11)10-4-12(14)6-15-5-10/h1-7H. The molecule has 1 aromatic heterocycles. The molecule has 4 heteroatoms. The van der Waals surface area contributed by atoms with E-state index in [0.717, 1.165) is 12.3 Å². The molecule has 0 bridgehead atoms. The molecule has 2 aromatic rings. The van der Waals surface area contributed by atoms with Gasteiger partial charge in [0.25, 0.3) is 0 Å². The Bertz CT molecular complexity index is 540. The van der Waals surface area contributed by atoms with E-state index >= 15 is 0 Å². The number of nitrogens with zero attached hydrogens (tertiary/aromatic N) is 1. The lowest BCUT2D eigenvalue weighted by Gasteiger charge is -2.02. The topological polar surface area (TPSA) is 30.0 Å². The van der Waals surface area contributed by atoms with Gasteiger partial charge in [0.15, 0.2) is 0 Å². The van der Waals surface area contributed by atoms with Crippen LogP contribution in [0, 0.1) is 11.6 Å². The van der Waals surface area contributed by atoms with Gasteiger partial charge in [-0.1, -0.05) is 0 Å². The molecule has 0 aliphatic rings. The smallest absolute Gasteiger partial charge is 0.150 e. The quantitative estimate of drug-likeness (QED) is 0.727. The Morgan fingerprint density at radius 3 is 2.38 bits per heavy atom. The van der Waals surface area contributed by atoms with Gasteiger partial charge in [-0.05, 0) is 29.8 Å². The zero-order valence-electron chi connectivity index (χ0n) is 8.15. The van der Waals surface area contributed by atoms with Crippen LogP contribution < -0.4 is 0 Å². The van der Waals surface area contributed by atoms with Crippen LogP contribution in [0.5, 0.6) is 0 Å². The maximum atomic E-state index is 13.1. The molecule has 0 radical (unpaired) electrons. The van der Waals surface area contributed by atoms with E-state index in [2.05, 4.69) is 4.98 Å². The van der Waals surface area contributed by atoms with Crippen molar-refractivity contribution in [2.24, 2.45) is 0 Å². The third-order valence-corrected chi connectivity index (χ3v) is 2.09. The van der Waals surface area contributed by atoms with Gasteiger partial charge in [-0.3, -0.25) is 9.78 Å². The Morgan fingerprint density at radius 1 is 0.938 bits per heavy atom. The van der Waals surface area contributed by atoms with Gasteiger partial charge in [-0.25, -0.2) is 8.78 Å².